The van der Waals surface area contributed by atoms with Gasteiger partial charge in [-0.05, 0) is 32.9 Å². The molecule has 2 nitrogen and oxygen atoms in total. The Labute approximate surface area is 236 Å². The quantitative estimate of drug-likeness (QED) is 0.0886. The maximum atomic E-state index is 9.69. The average molecular weight is 524 g/mol. The highest BCUT2D eigenvalue weighted by Crippen LogP contribution is 2.15. The molecule has 224 valence electrons. The van der Waals surface area contributed by atoms with Crippen molar-refractivity contribution in [2.45, 2.75) is 207 Å². The third kappa shape index (κ3) is 28.7. The molecule has 0 heterocycles. The van der Waals surface area contributed by atoms with Crippen molar-refractivity contribution in [2.75, 3.05) is 19.7 Å². The van der Waals surface area contributed by atoms with Gasteiger partial charge in [0.25, 0.3) is 0 Å². The highest BCUT2D eigenvalue weighted by atomic mass is 16.3. The van der Waals surface area contributed by atoms with E-state index in [-0.39, 0.29) is 0 Å². The highest BCUT2D eigenvalue weighted by molar-refractivity contribution is 4.67. The van der Waals surface area contributed by atoms with Crippen molar-refractivity contribution in [3.8, 4) is 0 Å². The summed E-state index contributed by atoms with van der Waals surface area (Å²) in [5.41, 5.74) is 0. The molecular weight excluding hydrogens is 450 g/mol. The molecule has 0 fully saturated rings. The summed E-state index contributed by atoms with van der Waals surface area (Å²) in [6.07, 6.45) is 39.8. The molecule has 0 aliphatic carbocycles. The van der Waals surface area contributed by atoms with Gasteiger partial charge in [0.05, 0.1) is 6.61 Å². The fourth-order valence-corrected chi connectivity index (χ4v) is 5.69. The fourth-order valence-electron chi connectivity index (χ4n) is 5.69. The number of aliphatic hydroxyl groups is 1. The van der Waals surface area contributed by atoms with E-state index in [0.717, 1.165) is 0 Å². The Hall–Kier alpha value is -0.0800. The largest absolute Gasteiger partial charge is 0.395 e. The van der Waals surface area contributed by atoms with Crippen molar-refractivity contribution < 1.29 is 5.11 Å². The van der Waals surface area contributed by atoms with Gasteiger partial charge in [0.15, 0.2) is 0 Å². The predicted molar refractivity (Wildman–Crippen MR) is 169 cm³/mol. The van der Waals surface area contributed by atoms with Crippen LogP contribution in [0.4, 0.5) is 0 Å². The van der Waals surface area contributed by atoms with Crippen LogP contribution in [0, 0.1) is 0 Å². The van der Waals surface area contributed by atoms with Crippen LogP contribution in [-0.2, 0) is 0 Å². The van der Waals surface area contributed by atoms with Crippen molar-refractivity contribution in [1.82, 2.24) is 4.90 Å². The Bertz CT molecular complexity index is 367. The first-order valence-electron chi connectivity index (χ1n) is 17.6. The van der Waals surface area contributed by atoms with Crippen molar-refractivity contribution >= 4 is 0 Å². The van der Waals surface area contributed by atoms with Crippen LogP contribution in [-0.4, -0.2) is 35.7 Å². The number of unbranched alkanes of at least 4 members (excludes halogenated alkanes) is 26. The third-order valence-corrected chi connectivity index (χ3v) is 8.49. The third-order valence-electron chi connectivity index (χ3n) is 8.49. The first kappa shape index (κ1) is 36.9. The molecule has 0 aromatic carbocycles. The Morgan fingerprint density at radius 1 is 0.378 bits per heavy atom. The highest BCUT2D eigenvalue weighted by Gasteiger charge is 2.12. The van der Waals surface area contributed by atoms with Crippen LogP contribution in [0.3, 0.4) is 0 Å². The molecule has 2 heteroatoms. The lowest BCUT2D eigenvalue weighted by Crippen LogP contribution is -2.37. The Kier molecular flexibility index (Phi) is 32.1. The van der Waals surface area contributed by atoms with Gasteiger partial charge in [-0.1, -0.05) is 181 Å². The molecule has 0 aliphatic rings. The average Bonchev–Trinajstić information content (AvgIpc) is 2.91. The molecular formula is C35H73NO. The van der Waals surface area contributed by atoms with Crippen molar-refractivity contribution in [3.63, 3.8) is 0 Å². The summed E-state index contributed by atoms with van der Waals surface area (Å²) in [6, 6.07) is 0.323. The smallest absolute Gasteiger partial charge is 0.0584 e. The molecule has 0 rings (SSSR count). The van der Waals surface area contributed by atoms with Gasteiger partial charge in [0.2, 0.25) is 0 Å². The Morgan fingerprint density at radius 3 is 0.811 bits per heavy atom. The molecule has 0 aliphatic heterocycles. The van der Waals surface area contributed by atoms with Gasteiger partial charge in [0, 0.05) is 6.04 Å². The minimum Gasteiger partial charge on any atom is -0.395 e. The first-order chi connectivity index (χ1) is 18.3. The number of aliphatic hydroxyl groups excluding tert-OH is 1. The van der Waals surface area contributed by atoms with Crippen LogP contribution in [0.25, 0.3) is 0 Å². The van der Waals surface area contributed by atoms with Crippen LogP contribution in [0.1, 0.15) is 201 Å². The summed E-state index contributed by atoms with van der Waals surface area (Å²) in [5.74, 6) is 0. The SMILES string of the molecule is CCCCCCCCCCCCCCCCN(CCCCCCCCCCCCCCCC)C(C)CO. The second kappa shape index (κ2) is 32.1. The molecule has 0 aromatic heterocycles. The van der Waals surface area contributed by atoms with Gasteiger partial charge in [-0.2, -0.15) is 0 Å². The van der Waals surface area contributed by atoms with E-state index >= 15 is 0 Å². The second-order valence-electron chi connectivity index (χ2n) is 12.3. The Balaban J connectivity index is 3.50. The van der Waals surface area contributed by atoms with E-state index < -0.39 is 0 Å². The summed E-state index contributed by atoms with van der Waals surface area (Å²) < 4.78 is 0. The number of hydrogen-bond donors (Lipinski definition) is 1. The summed E-state index contributed by atoms with van der Waals surface area (Å²) in [5, 5.41) is 9.69. The fraction of sp³-hybridized carbons (Fsp3) is 1.00. The van der Waals surface area contributed by atoms with E-state index in [1.54, 1.807) is 0 Å². The van der Waals surface area contributed by atoms with E-state index in [1.165, 1.54) is 193 Å². The van der Waals surface area contributed by atoms with Gasteiger partial charge in [-0.3, -0.25) is 4.90 Å². The van der Waals surface area contributed by atoms with Gasteiger partial charge in [-0.25, -0.2) is 0 Å². The van der Waals surface area contributed by atoms with Crippen LogP contribution >= 0.6 is 0 Å². The Morgan fingerprint density at radius 2 is 0.595 bits per heavy atom. The first-order valence-corrected chi connectivity index (χ1v) is 17.6. The molecule has 1 unspecified atom stereocenters. The molecule has 0 saturated carbocycles. The number of hydrogen-bond acceptors (Lipinski definition) is 2. The minimum absolute atomic E-state index is 0.303. The minimum atomic E-state index is 0.303. The van der Waals surface area contributed by atoms with E-state index in [4.69, 9.17) is 0 Å². The maximum absolute atomic E-state index is 9.69. The molecule has 0 radical (unpaired) electrons. The van der Waals surface area contributed by atoms with Gasteiger partial charge >= 0.3 is 0 Å². The van der Waals surface area contributed by atoms with Crippen LogP contribution < -0.4 is 0 Å². The summed E-state index contributed by atoms with van der Waals surface area (Å²) in [7, 11) is 0. The lowest BCUT2D eigenvalue weighted by atomic mass is 10.0. The number of nitrogens with zero attached hydrogens (tertiary/aromatic N) is 1. The van der Waals surface area contributed by atoms with Crippen LogP contribution in [0.5, 0.6) is 0 Å². The number of rotatable bonds is 32. The lowest BCUT2D eigenvalue weighted by Gasteiger charge is -2.27. The molecule has 0 saturated heterocycles. The molecule has 0 spiro atoms. The van der Waals surface area contributed by atoms with E-state index in [0.29, 0.717) is 12.6 Å². The zero-order valence-corrected chi connectivity index (χ0v) is 26.4. The van der Waals surface area contributed by atoms with Gasteiger partial charge in [0.1, 0.15) is 0 Å². The lowest BCUT2D eigenvalue weighted by molar-refractivity contribution is 0.130. The van der Waals surface area contributed by atoms with E-state index in [2.05, 4.69) is 25.7 Å². The topological polar surface area (TPSA) is 23.5 Å². The van der Waals surface area contributed by atoms with Crippen molar-refractivity contribution in [1.29, 1.82) is 0 Å². The zero-order chi connectivity index (χ0) is 27.1. The van der Waals surface area contributed by atoms with Crippen LogP contribution in [0.15, 0.2) is 0 Å². The molecule has 0 bridgehead atoms. The molecule has 0 amide bonds. The van der Waals surface area contributed by atoms with Gasteiger partial charge in [-0.15, -0.1) is 0 Å². The van der Waals surface area contributed by atoms with Gasteiger partial charge < -0.3 is 5.11 Å². The summed E-state index contributed by atoms with van der Waals surface area (Å²) in [6.45, 7) is 9.46. The zero-order valence-electron chi connectivity index (χ0n) is 26.4. The maximum Gasteiger partial charge on any atom is 0.0584 e. The monoisotopic (exact) mass is 524 g/mol. The van der Waals surface area contributed by atoms with Crippen molar-refractivity contribution in [3.05, 3.63) is 0 Å². The molecule has 37 heavy (non-hydrogen) atoms. The normalized spacial score (nSPS) is 12.6. The van der Waals surface area contributed by atoms with Crippen molar-refractivity contribution in [2.24, 2.45) is 0 Å². The summed E-state index contributed by atoms with van der Waals surface area (Å²) in [4.78, 5) is 2.56. The molecule has 0 aromatic rings. The van der Waals surface area contributed by atoms with E-state index in [9.17, 15) is 5.11 Å². The molecule has 1 N–H and O–H groups in total. The predicted octanol–water partition coefficient (Wildman–Crippen LogP) is 11.6. The summed E-state index contributed by atoms with van der Waals surface area (Å²) >= 11 is 0. The molecule has 1 atom stereocenters. The van der Waals surface area contributed by atoms with Crippen LogP contribution in [0.2, 0.25) is 0 Å². The standard InChI is InChI=1S/C35H73NO/c1-4-6-8-10-12-14-16-18-20-22-24-26-28-30-32-36(35(3)34-37)33-31-29-27-25-23-21-19-17-15-13-11-9-7-5-2/h35,37H,4-34H2,1-3H3. The second-order valence-corrected chi connectivity index (χ2v) is 12.3. The van der Waals surface area contributed by atoms with E-state index in [1.807, 2.05) is 0 Å².